The molecule has 0 spiro atoms. The number of nitrogens with one attached hydrogen (secondary N) is 3. The van der Waals surface area contributed by atoms with Crippen LogP contribution in [0.15, 0.2) is 60.7 Å². The van der Waals surface area contributed by atoms with Gasteiger partial charge in [-0.15, -0.1) is 0 Å². The maximum absolute atomic E-state index is 11.9. The van der Waals surface area contributed by atoms with Crippen molar-refractivity contribution in [3.05, 3.63) is 60.7 Å². The highest BCUT2D eigenvalue weighted by Crippen LogP contribution is 2.15. The van der Waals surface area contributed by atoms with Crippen LogP contribution in [-0.4, -0.2) is 49.6 Å². The lowest BCUT2D eigenvalue weighted by atomic mass is 10.2. The van der Waals surface area contributed by atoms with E-state index in [0.29, 0.717) is 18.7 Å². The van der Waals surface area contributed by atoms with E-state index in [2.05, 4.69) is 38.1 Å². The predicted octanol–water partition coefficient (Wildman–Crippen LogP) is 2.05. The summed E-state index contributed by atoms with van der Waals surface area (Å²) in [5, 5.41) is 2.64. The Morgan fingerprint density at radius 2 is 1.44 bits per heavy atom. The zero-order valence-electron chi connectivity index (χ0n) is 15.2. The van der Waals surface area contributed by atoms with Gasteiger partial charge in [-0.3, -0.25) is 15.1 Å². The summed E-state index contributed by atoms with van der Waals surface area (Å²) in [6, 6.07) is 19.0. The van der Waals surface area contributed by atoms with Crippen LogP contribution in [0.4, 0.5) is 16.2 Å². The Morgan fingerprint density at radius 1 is 0.815 bits per heavy atom. The summed E-state index contributed by atoms with van der Waals surface area (Å²) in [6.45, 7) is 4.41. The first-order valence-corrected chi connectivity index (χ1v) is 9.14. The van der Waals surface area contributed by atoms with Crippen LogP contribution in [0, 0.1) is 0 Å². The first-order chi connectivity index (χ1) is 13.2. The molecule has 7 nitrogen and oxygen atoms in total. The molecule has 3 N–H and O–H groups in total. The van der Waals surface area contributed by atoms with E-state index in [9.17, 15) is 9.59 Å². The number of carbonyl (C=O) groups excluding carboxylic acids is 2. The van der Waals surface area contributed by atoms with E-state index in [4.69, 9.17) is 0 Å². The number of urea groups is 1. The molecule has 3 rings (SSSR count). The van der Waals surface area contributed by atoms with Gasteiger partial charge in [-0.05, 0) is 24.3 Å². The van der Waals surface area contributed by atoms with E-state index >= 15 is 0 Å². The summed E-state index contributed by atoms with van der Waals surface area (Å²) in [6.07, 6.45) is 0.344. The first kappa shape index (κ1) is 18.7. The number of amides is 3. The lowest BCUT2D eigenvalue weighted by Crippen LogP contribution is -2.48. The minimum Gasteiger partial charge on any atom is -0.369 e. The van der Waals surface area contributed by atoms with Crippen molar-refractivity contribution in [3.8, 4) is 0 Å². The molecule has 0 aliphatic carbocycles. The van der Waals surface area contributed by atoms with Crippen LogP contribution in [0.3, 0.4) is 0 Å². The molecule has 0 aromatic heterocycles. The van der Waals surface area contributed by atoms with Gasteiger partial charge in [-0.25, -0.2) is 10.2 Å². The van der Waals surface area contributed by atoms with Gasteiger partial charge in [-0.1, -0.05) is 36.4 Å². The van der Waals surface area contributed by atoms with Crippen molar-refractivity contribution in [1.82, 2.24) is 15.8 Å². The molecule has 0 unspecified atom stereocenters. The molecule has 1 fully saturated rings. The highest BCUT2D eigenvalue weighted by Gasteiger charge is 2.17. The molecule has 7 heteroatoms. The second kappa shape index (κ2) is 9.59. The van der Waals surface area contributed by atoms with Crippen LogP contribution in [0.1, 0.15) is 6.42 Å². The number of piperazine rings is 1. The number of para-hydroxylation sites is 2. The smallest absolute Gasteiger partial charge is 0.337 e. The first-order valence-electron chi connectivity index (χ1n) is 9.14. The lowest BCUT2D eigenvalue weighted by Gasteiger charge is -2.36. The summed E-state index contributed by atoms with van der Waals surface area (Å²) in [5.74, 6) is -0.205. The SMILES string of the molecule is O=C(CCN1CCN(c2ccccc2)CC1)NNC(=O)Nc1ccccc1. The van der Waals surface area contributed by atoms with Crippen molar-refractivity contribution in [2.75, 3.05) is 42.9 Å². The van der Waals surface area contributed by atoms with Gasteiger partial charge in [-0.2, -0.15) is 0 Å². The van der Waals surface area contributed by atoms with Gasteiger partial charge in [0, 0.05) is 50.5 Å². The average molecular weight is 367 g/mol. The van der Waals surface area contributed by atoms with E-state index in [1.54, 1.807) is 12.1 Å². The minimum absolute atomic E-state index is 0.205. The van der Waals surface area contributed by atoms with Gasteiger partial charge >= 0.3 is 6.03 Å². The summed E-state index contributed by atoms with van der Waals surface area (Å²) < 4.78 is 0. The third-order valence-corrected chi connectivity index (χ3v) is 4.50. The summed E-state index contributed by atoms with van der Waals surface area (Å²) >= 11 is 0. The standard InChI is InChI=1S/C20H25N5O2/c26-19(22-23-20(27)21-17-7-3-1-4-8-17)11-12-24-13-15-25(16-14-24)18-9-5-2-6-10-18/h1-10H,11-16H2,(H,22,26)(H2,21,23,27). The molecule has 1 heterocycles. The third-order valence-electron chi connectivity index (χ3n) is 4.50. The molecule has 0 atom stereocenters. The van der Waals surface area contributed by atoms with Gasteiger partial charge in [0.15, 0.2) is 0 Å². The maximum atomic E-state index is 11.9. The minimum atomic E-state index is -0.467. The van der Waals surface area contributed by atoms with E-state index < -0.39 is 6.03 Å². The largest absolute Gasteiger partial charge is 0.369 e. The molecule has 0 bridgehead atoms. The van der Waals surface area contributed by atoms with Gasteiger partial charge in [0.25, 0.3) is 0 Å². The van der Waals surface area contributed by atoms with E-state index in [1.807, 2.05) is 36.4 Å². The summed E-state index contributed by atoms with van der Waals surface area (Å²) in [5.41, 5.74) is 6.72. The molecule has 1 aliphatic rings. The van der Waals surface area contributed by atoms with Crippen molar-refractivity contribution in [2.24, 2.45) is 0 Å². The molecular formula is C20H25N5O2. The van der Waals surface area contributed by atoms with E-state index in [0.717, 1.165) is 26.2 Å². The van der Waals surface area contributed by atoms with Crippen LogP contribution >= 0.6 is 0 Å². The van der Waals surface area contributed by atoms with Crippen molar-refractivity contribution in [2.45, 2.75) is 6.42 Å². The Kier molecular flexibility index (Phi) is 6.65. The zero-order chi connectivity index (χ0) is 18.9. The highest BCUT2D eigenvalue weighted by atomic mass is 16.2. The van der Waals surface area contributed by atoms with Crippen molar-refractivity contribution in [3.63, 3.8) is 0 Å². The quantitative estimate of drug-likeness (QED) is 0.707. The molecule has 0 radical (unpaired) electrons. The van der Waals surface area contributed by atoms with Crippen LogP contribution in [0.25, 0.3) is 0 Å². The molecule has 1 saturated heterocycles. The predicted molar refractivity (Wildman–Crippen MR) is 106 cm³/mol. The Morgan fingerprint density at radius 3 is 2.11 bits per heavy atom. The topological polar surface area (TPSA) is 76.7 Å². The number of hydrogen-bond donors (Lipinski definition) is 3. The third kappa shape index (κ3) is 6.00. The fourth-order valence-electron chi connectivity index (χ4n) is 3.00. The second-order valence-corrected chi connectivity index (χ2v) is 6.41. The van der Waals surface area contributed by atoms with E-state index in [1.165, 1.54) is 5.69 Å². The number of nitrogens with zero attached hydrogens (tertiary/aromatic N) is 2. The molecule has 142 valence electrons. The molecule has 27 heavy (non-hydrogen) atoms. The second-order valence-electron chi connectivity index (χ2n) is 6.41. The fourth-order valence-corrected chi connectivity index (χ4v) is 3.00. The Bertz CT molecular complexity index is 731. The summed E-state index contributed by atoms with van der Waals surface area (Å²) in [7, 11) is 0. The number of anilines is 2. The van der Waals surface area contributed by atoms with E-state index in [-0.39, 0.29) is 5.91 Å². The van der Waals surface area contributed by atoms with Crippen LogP contribution in [0.2, 0.25) is 0 Å². The monoisotopic (exact) mass is 367 g/mol. The molecule has 0 saturated carbocycles. The van der Waals surface area contributed by atoms with Crippen LogP contribution < -0.4 is 21.1 Å². The zero-order valence-corrected chi connectivity index (χ0v) is 15.2. The molecule has 2 aromatic carbocycles. The average Bonchev–Trinajstić information content (AvgIpc) is 2.72. The molecular weight excluding hydrogens is 342 g/mol. The summed E-state index contributed by atoms with van der Waals surface area (Å²) in [4.78, 5) is 28.3. The van der Waals surface area contributed by atoms with Crippen molar-refractivity contribution in [1.29, 1.82) is 0 Å². The molecule has 1 aliphatic heterocycles. The Labute approximate surface area is 159 Å². The Hall–Kier alpha value is -3.06. The van der Waals surface area contributed by atoms with Crippen molar-refractivity contribution >= 4 is 23.3 Å². The Balaban J connectivity index is 1.31. The number of benzene rings is 2. The fraction of sp³-hybridized carbons (Fsp3) is 0.300. The lowest BCUT2D eigenvalue weighted by molar-refractivity contribution is -0.122. The van der Waals surface area contributed by atoms with Gasteiger partial charge in [0.2, 0.25) is 5.91 Å². The molecule has 2 aromatic rings. The van der Waals surface area contributed by atoms with Crippen LogP contribution in [0.5, 0.6) is 0 Å². The molecule has 3 amide bonds. The highest BCUT2D eigenvalue weighted by molar-refractivity contribution is 5.90. The van der Waals surface area contributed by atoms with Gasteiger partial charge < -0.3 is 10.2 Å². The maximum Gasteiger partial charge on any atom is 0.337 e. The van der Waals surface area contributed by atoms with Gasteiger partial charge in [0.1, 0.15) is 0 Å². The normalized spacial score (nSPS) is 14.4. The van der Waals surface area contributed by atoms with Crippen LogP contribution in [-0.2, 0) is 4.79 Å². The van der Waals surface area contributed by atoms with Gasteiger partial charge in [0.05, 0.1) is 0 Å². The number of hydrazine groups is 1. The number of hydrogen-bond acceptors (Lipinski definition) is 4. The van der Waals surface area contributed by atoms with Crippen molar-refractivity contribution < 1.29 is 9.59 Å². The number of carbonyl (C=O) groups is 2. The number of rotatable bonds is 5.